The fraction of sp³-hybridized carbons (Fsp3) is 1.00. The van der Waals surface area contributed by atoms with Crippen molar-refractivity contribution in [2.45, 2.75) is 25.4 Å². The zero-order valence-electron chi connectivity index (χ0n) is 11.4. The number of rotatable bonds is 10. The van der Waals surface area contributed by atoms with E-state index in [1.165, 1.54) is 0 Å². The largest absolute Gasteiger partial charge is 0.385 e. The monoisotopic (exact) mass is 323 g/mol. The Morgan fingerprint density at radius 1 is 1.11 bits per heavy atom. The highest BCUT2D eigenvalue weighted by atomic mass is 79.9. The molecule has 1 saturated heterocycles. The summed E-state index contributed by atoms with van der Waals surface area (Å²) in [4.78, 5) is 2.46. The van der Waals surface area contributed by atoms with Gasteiger partial charge in [0.15, 0.2) is 0 Å². The summed E-state index contributed by atoms with van der Waals surface area (Å²) in [5.41, 5.74) is 0. The van der Waals surface area contributed by atoms with Gasteiger partial charge in [-0.3, -0.25) is 0 Å². The Kier molecular flexibility index (Phi) is 10.2. The smallest absolute Gasteiger partial charge is 0.0599 e. The molecule has 4 nitrogen and oxygen atoms in total. The van der Waals surface area contributed by atoms with Crippen molar-refractivity contribution in [2.75, 3.05) is 58.5 Å². The summed E-state index contributed by atoms with van der Waals surface area (Å²) < 4.78 is 16.3. The molecular formula is C13H26BrNO3. The second kappa shape index (κ2) is 11.2. The first-order valence-electron chi connectivity index (χ1n) is 6.83. The minimum absolute atomic E-state index is 0.460. The Morgan fingerprint density at radius 2 is 1.89 bits per heavy atom. The van der Waals surface area contributed by atoms with Crippen LogP contribution in [0, 0.1) is 0 Å². The van der Waals surface area contributed by atoms with E-state index in [2.05, 4.69) is 20.8 Å². The molecule has 0 atom stereocenters. The number of ether oxygens (including phenoxy) is 3. The molecule has 0 spiro atoms. The predicted molar refractivity (Wildman–Crippen MR) is 76.5 cm³/mol. The second-order valence-electron chi connectivity index (χ2n) is 4.56. The molecular weight excluding hydrogens is 298 g/mol. The standard InChI is InChI=1S/C13H26BrNO3/c1-16-9-2-10-17-12-8-15-6-3-13(4-7-15)18-11-5-14/h13H,2-12H2,1H3. The van der Waals surface area contributed by atoms with Gasteiger partial charge in [0, 0.05) is 45.3 Å². The third-order valence-corrected chi connectivity index (χ3v) is 3.48. The lowest BCUT2D eigenvalue weighted by Gasteiger charge is -2.31. The van der Waals surface area contributed by atoms with Gasteiger partial charge in [-0.15, -0.1) is 0 Å². The minimum atomic E-state index is 0.460. The molecule has 0 N–H and O–H groups in total. The lowest BCUT2D eigenvalue weighted by Crippen LogP contribution is -2.39. The molecule has 1 aliphatic heterocycles. The van der Waals surface area contributed by atoms with Gasteiger partial charge in [0.05, 0.1) is 19.3 Å². The van der Waals surface area contributed by atoms with Gasteiger partial charge < -0.3 is 19.1 Å². The van der Waals surface area contributed by atoms with E-state index >= 15 is 0 Å². The quantitative estimate of drug-likeness (QED) is 0.454. The highest BCUT2D eigenvalue weighted by molar-refractivity contribution is 9.09. The lowest BCUT2D eigenvalue weighted by atomic mass is 10.1. The number of nitrogens with zero attached hydrogens (tertiary/aromatic N) is 1. The molecule has 5 heteroatoms. The van der Waals surface area contributed by atoms with Crippen LogP contribution in [0.15, 0.2) is 0 Å². The van der Waals surface area contributed by atoms with Crippen molar-refractivity contribution in [3.8, 4) is 0 Å². The van der Waals surface area contributed by atoms with E-state index in [4.69, 9.17) is 14.2 Å². The van der Waals surface area contributed by atoms with Crippen LogP contribution in [0.5, 0.6) is 0 Å². The topological polar surface area (TPSA) is 30.9 Å². The molecule has 0 saturated carbocycles. The third-order valence-electron chi connectivity index (χ3n) is 3.15. The molecule has 0 aliphatic carbocycles. The van der Waals surface area contributed by atoms with Crippen molar-refractivity contribution in [2.24, 2.45) is 0 Å². The van der Waals surface area contributed by atoms with Crippen LogP contribution in [-0.2, 0) is 14.2 Å². The zero-order valence-corrected chi connectivity index (χ0v) is 13.0. The maximum absolute atomic E-state index is 5.73. The average molecular weight is 324 g/mol. The molecule has 1 aliphatic rings. The molecule has 0 aromatic heterocycles. The maximum atomic E-state index is 5.73. The van der Waals surface area contributed by atoms with Crippen molar-refractivity contribution in [1.82, 2.24) is 4.90 Å². The van der Waals surface area contributed by atoms with Gasteiger partial charge in [0.2, 0.25) is 0 Å². The van der Waals surface area contributed by atoms with E-state index in [0.717, 1.165) is 70.7 Å². The highest BCUT2D eigenvalue weighted by Crippen LogP contribution is 2.13. The lowest BCUT2D eigenvalue weighted by molar-refractivity contribution is 0.00732. The van der Waals surface area contributed by atoms with Gasteiger partial charge >= 0.3 is 0 Å². The number of hydrogen-bond acceptors (Lipinski definition) is 4. The number of halogens is 1. The number of methoxy groups -OCH3 is 1. The van der Waals surface area contributed by atoms with Crippen LogP contribution in [0.25, 0.3) is 0 Å². The van der Waals surface area contributed by atoms with Gasteiger partial charge in [-0.2, -0.15) is 0 Å². The Hall–Kier alpha value is 0.320. The normalized spacial score (nSPS) is 18.3. The van der Waals surface area contributed by atoms with Crippen LogP contribution in [-0.4, -0.2) is 69.5 Å². The second-order valence-corrected chi connectivity index (χ2v) is 5.35. The summed E-state index contributed by atoms with van der Waals surface area (Å²) >= 11 is 3.39. The number of hydrogen-bond donors (Lipinski definition) is 0. The van der Waals surface area contributed by atoms with Gasteiger partial charge in [0.25, 0.3) is 0 Å². The fourth-order valence-corrected chi connectivity index (χ4v) is 2.30. The van der Waals surface area contributed by atoms with Gasteiger partial charge in [0.1, 0.15) is 0 Å². The van der Waals surface area contributed by atoms with Crippen molar-refractivity contribution in [3.63, 3.8) is 0 Å². The summed E-state index contributed by atoms with van der Waals surface area (Å²) in [6.45, 7) is 6.56. The minimum Gasteiger partial charge on any atom is -0.385 e. The first kappa shape index (κ1) is 16.4. The first-order chi connectivity index (χ1) is 8.86. The van der Waals surface area contributed by atoms with E-state index in [9.17, 15) is 0 Å². The summed E-state index contributed by atoms with van der Waals surface area (Å²) in [6, 6.07) is 0. The Morgan fingerprint density at radius 3 is 2.56 bits per heavy atom. The maximum Gasteiger partial charge on any atom is 0.0599 e. The van der Waals surface area contributed by atoms with E-state index in [1.54, 1.807) is 7.11 Å². The molecule has 1 heterocycles. The molecule has 1 rings (SSSR count). The SMILES string of the molecule is COCCCOCCN1CCC(OCCBr)CC1. The van der Waals surface area contributed by atoms with Crippen molar-refractivity contribution in [3.05, 3.63) is 0 Å². The number of likely N-dealkylation sites (tertiary alicyclic amines) is 1. The van der Waals surface area contributed by atoms with Crippen molar-refractivity contribution >= 4 is 15.9 Å². The van der Waals surface area contributed by atoms with Crippen LogP contribution < -0.4 is 0 Å². The average Bonchev–Trinajstić information content (AvgIpc) is 2.42. The Balaban J connectivity index is 1.92. The van der Waals surface area contributed by atoms with Crippen LogP contribution >= 0.6 is 15.9 Å². The Bertz CT molecular complexity index is 187. The molecule has 0 amide bonds. The van der Waals surface area contributed by atoms with E-state index in [-0.39, 0.29) is 0 Å². The highest BCUT2D eigenvalue weighted by Gasteiger charge is 2.18. The molecule has 0 radical (unpaired) electrons. The Labute approximate surface area is 119 Å². The molecule has 1 fully saturated rings. The van der Waals surface area contributed by atoms with Crippen LogP contribution in [0.1, 0.15) is 19.3 Å². The predicted octanol–water partition coefficient (Wildman–Crippen LogP) is 1.92. The summed E-state index contributed by atoms with van der Waals surface area (Å²) in [7, 11) is 1.72. The molecule has 0 aromatic rings. The molecule has 0 unspecified atom stereocenters. The van der Waals surface area contributed by atoms with E-state index in [0.29, 0.717) is 6.10 Å². The van der Waals surface area contributed by atoms with Crippen molar-refractivity contribution < 1.29 is 14.2 Å². The third kappa shape index (κ3) is 7.69. The fourth-order valence-electron chi connectivity index (χ4n) is 2.11. The van der Waals surface area contributed by atoms with E-state index < -0.39 is 0 Å². The summed E-state index contributed by atoms with van der Waals surface area (Å²) in [6.07, 6.45) is 3.74. The molecule has 108 valence electrons. The number of alkyl halides is 1. The molecule has 0 bridgehead atoms. The van der Waals surface area contributed by atoms with Gasteiger partial charge in [-0.1, -0.05) is 15.9 Å². The van der Waals surface area contributed by atoms with E-state index in [1.807, 2.05) is 0 Å². The summed E-state index contributed by atoms with van der Waals surface area (Å²) in [5, 5.41) is 0.933. The first-order valence-corrected chi connectivity index (χ1v) is 7.95. The molecule has 0 aromatic carbocycles. The van der Waals surface area contributed by atoms with Crippen molar-refractivity contribution in [1.29, 1.82) is 0 Å². The summed E-state index contributed by atoms with van der Waals surface area (Å²) in [5.74, 6) is 0. The number of piperidine rings is 1. The van der Waals surface area contributed by atoms with Crippen LogP contribution in [0.4, 0.5) is 0 Å². The molecule has 18 heavy (non-hydrogen) atoms. The zero-order chi connectivity index (χ0) is 13.1. The van der Waals surface area contributed by atoms with Crippen LogP contribution in [0.2, 0.25) is 0 Å². The van der Waals surface area contributed by atoms with Gasteiger partial charge in [-0.05, 0) is 19.3 Å². The van der Waals surface area contributed by atoms with Gasteiger partial charge in [-0.25, -0.2) is 0 Å². The van der Waals surface area contributed by atoms with Crippen LogP contribution in [0.3, 0.4) is 0 Å².